The van der Waals surface area contributed by atoms with E-state index in [4.69, 9.17) is 20.4 Å². The van der Waals surface area contributed by atoms with E-state index in [1.54, 1.807) is 54.7 Å². The molecule has 0 bridgehead atoms. The van der Waals surface area contributed by atoms with Crippen LogP contribution < -0.4 is 5.32 Å². The van der Waals surface area contributed by atoms with E-state index in [1.165, 1.54) is 12.3 Å². The monoisotopic (exact) mass is 365 g/mol. The minimum atomic E-state index is -0.334. The van der Waals surface area contributed by atoms with Crippen molar-refractivity contribution in [2.45, 2.75) is 0 Å². The molecular weight excluding hydrogens is 354 g/mol. The van der Waals surface area contributed by atoms with Crippen molar-refractivity contribution in [1.29, 1.82) is 0 Å². The SMILES string of the molecule is O=C(/C=C/c1ccco1)Nc1cc(-c2nc3ncccc3o2)ccc1Cl. The molecule has 0 saturated carbocycles. The standard InChI is InChI=1S/C19H12ClN3O3/c20-14-7-5-12(19-23-18-16(26-19)4-1-9-21-18)11-15(14)22-17(24)8-6-13-3-2-10-25-13/h1-11H,(H,22,24)/b8-6+. The highest BCUT2D eigenvalue weighted by Crippen LogP contribution is 2.30. The van der Waals surface area contributed by atoms with Gasteiger partial charge < -0.3 is 14.2 Å². The van der Waals surface area contributed by atoms with Gasteiger partial charge in [0.25, 0.3) is 0 Å². The van der Waals surface area contributed by atoms with Gasteiger partial charge in [-0.3, -0.25) is 4.79 Å². The van der Waals surface area contributed by atoms with E-state index < -0.39 is 0 Å². The van der Waals surface area contributed by atoms with Crippen molar-refractivity contribution in [3.05, 3.63) is 71.8 Å². The summed E-state index contributed by atoms with van der Waals surface area (Å²) in [5.41, 5.74) is 2.24. The molecule has 0 unspecified atom stereocenters. The lowest BCUT2D eigenvalue weighted by atomic mass is 10.2. The van der Waals surface area contributed by atoms with Crippen molar-refractivity contribution in [3.8, 4) is 11.5 Å². The summed E-state index contributed by atoms with van der Waals surface area (Å²) in [5, 5.41) is 3.14. The zero-order valence-corrected chi connectivity index (χ0v) is 14.1. The van der Waals surface area contributed by atoms with Crippen LogP contribution in [0.15, 0.2) is 69.8 Å². The second kappa shape index (κ2) is 6.85. The van der Waals surface area contributed by atoms with Crippen molar-refractivity contribution in [3.63, 3.8) is 0 Å². The summed E-state index contributed by atoms with van der Waals surface area (Å²) in [6.07, 6.45) is 6.12. The number of carbonyl (C=O) groups excluding carboxylic acids is 1. The Kier molecular flexibility index (Phi) is 4.25. The summed E-state index contributed by atoms with van der Waals surface area (Å²) >= 11 is 6.19. The van der Waals surface area contributed by atoms with Crippen LogP contribution in [0.5, 0.6) is 0 Å². The Hall–Kier alpha value is -3.38. The smallest absolute Gasteiger partial charge is 0.248 e. The van der Waals surface area contributed by atoms with Crippen LogP contribution in [-0.4, -0.2) is 15.9 Å². The second-order valence-electron chi connectivity index (χ2n) is 5.38. The number of aromatic nitrogens is 2. The van der Waals surface area contributed by atoms with Gasteiger partial charge in [0, 0.05) is 17.8 Å². The minimum absolute atomic E-state index is 0.334. The maximum atomic E-state index is 12.1. The molecule has 0 aliphatic heterocycles. The molecule has 0 aliphatic carbocycles. The highest BCUT2D eigenvalue weighted by molar-refractivity contribution is 6.34. The fourth-order valence-electron chi connectivity index (χ4n) is 2.36. The Balaban J connectivity index is 1.58. The Labute approximate surface area is 153 Å². The number of fused-ring (bicyclic) bond motifs is 1. The van der Waals surface area contributed by atoms with Crippen LogP contribution in [0.3, 0.4) is 0 Å². The van der Waals surface area contributed by atoms with Crippen molar-refractivity contribution in [2.75, 3.05) is 5.32 Å². The number of anilines is 1. The number of pyridine rings is 1. The number of oxazole rings is 1. The van der Waals surface area contributed by atoms with Crippen LogP contribution in [0, 0.1) is 0 Å². The van der Waals surface area contributed by atoms with Gasteiger partial charge >= 0.3 is 0 Å². The number of nitrogens with zero attached hydrogens (tertiary/aromatic N) is 2. The molecule has 0 aliphatic rings. The molecular formula is C19H12ClN3O3. The quantitative estimate of drug-likeness (QED) is 0.526. The van der Waals surface area contributed by atoms with Crippen LogP contribution in [0.1, 0.15) is 5.76 Å². The predicted molar refractivity (Wildman–Crippen MR) is 98.6 cm³/mol. The van der Waals surface area contributed by atoms with Gasteiger partial charge in [-0.15, -0.1) is 0 Å². The van der Waals surface area contributed by atoms with E-state index in [2.05, 4.69) is 15.3 Å². The number of rotatable bonds is 4. The highest BCUT2D eigenvalue weighted by atomic mass is 35.5. The predicted octanol–water partition coefficient (Wildman–Crippen LogP) is 4.79. The van der Waals surface area contributed by atoms with Crippen LogP contribution in [0.25, 0.3) is 28.8 Å². The topological polar surface area (TPSA) is 81.2 Å². The van der Waals surface area contributed by atoms with Crippen LogP contribution in [-0.2, 0) is 4.79 Å². The Morgan fingerprint density at radius 1 is 1.19 bits per heavy atom. The summed E-state index contributed by atoms with van der Waals surface area (Å²) in [5.74, 6) is 0.649. The van der Waals surface area contributed by atoms with Gasteiger partial charge in [0.05, 0.1) is 17.0 Å². The first-order chi connectivity index (χ1) is 12.7. The zero-order valence-electron chi connectivity index (χ0n) is 13.3. The fourth-order valence-corrected chi connectivity index (χ4v) is 2.53. The van der Waals surface area contributed by atoms with Crippen molar-refractivity contribution < 1.29 is 13.6 Å². The van der Waals surface area contributed by atoms with Crippen LogP contribution >= 0.6 is 11.6 Å². The molecule has 128 valence electrons. The van der Waals surface area contributed by atoms with Gasteiger partial charge in [0.1, 0.15) is 5.76 Å². The number of nitrogens with one attached hydrogen (secondary N) is 1. The average molecular weight is 366 g/mol. The van der Waals surface area contributed by atoms with Gasteiger partial charge in [0.15, 0.2) is 11.2 Å². The first-order valence-corrected chi connectivity index (χ1v) is 8.11. The van der Waals surface area contributed by atoms with E-state index >= 15 is 0 Å². The third-order valence-corrected chi connectivity index (χ3v) is 3.91. The number of hydrogen-bond acceptors (Lipinski definition) is 5. The molecule has 1 amide bonds. The van der Waals surface area contributed by atoms with Gasteiger partial charge in [0.2, 0.25) is 11.8 Å². The molecule has 0 radical (unpaired) electrons. The van der Waals surface area contributed by atoms with E-state index in [0.29, 0.717) is 39.2 Å². The molecule has 4 aromatic rings. The molecule has 1 aromatic carbocycles. The number of benzene rings is 1. The van der Waals surface area contributed by atoms with E-state index in [1.807, 2.05) is 0 Å². The molecule has 0 saturated heterocycles. The molecule has 0 atom stereocenters. The molecule has 4 rings (SSSR count). The van der Waals surface area contributed by atoms with E-state index in [-0.39, 0.29) is 5.91 Å². The summed E-state index contributed by atoms with van der Waals surface area (Å²) in [6, 6.07) is 12.2. The molecule has 26 heavy (non-hydrogen) atoms. The number of halogens is 1. The van der Waals surface area contributed by atoms with Crippen molar-refractivity contribution >= 4 is 40.5 Å². The second-order valence-corrected chi connectivity index (χ2v) is 5.78. The third kappa shape index (κ3) is 3.36. The minimum Gasteiger partial charge on any atom is -0.465 e. The van der Waals surface area contributed by atoms with E-state index in [9.17, 15) is 4.79 Å². The fraction of sp³-hybridized carbons (Fsp3) is 0. The lowest BCUT2D eigenvalue weighted by Gasteiger charge is -2.06. The summed E-state index contributed by atoms with van der Waals surface area (Å²) in [4.78, 5) is 20.6. The average Bonchev–Trinajstić information content (AvgIpc) is 3.31. The van der Waals surface area contributed by atoms with Gasteiger partial charge in [-0.1, -0.05) is 11.6 Å². The highest BCUT2D eigenvalue weighted by Gasteiger charge is 2.12. The largest absolute Gasteiger partial charge is 0.465 e. The lowest BCUT2D eigenvalue weighted by Crippen LogP contribution is -2.08. The van der Waals surface area contributed by atoms with Crippen molar-refractivity contribution in [2.24, 2.45) is 0 Å². The summed E-state index contributed by atoms with van der Waals surface area (Å²) in [7, 11) is 0. The molecule has 1 N–H and O–H groups in total. The number of amides is 1. The molecule has 6 nitrogen and oxygen atoms in total. The normalized spacial score (nSPS) is 11.3. The summed E-state index contributed by atoms with van der Waals surface area (Å²) < 4.78 is 10.8. The molecule has 7 heteroatoms. The van der Waals surface area contributed by atoms with Gasteiger partial charge in [-0.2, -0.15) is 4.98 Å². The maximum Gasteiger partial charge on any atom is 0.248 e. The maximum absolute atomic E-state index is 12.1. The Bertz CT molecular complexity index is 1070. The number of carbonyl (C=O) groups is 1. The summed E-state index contributed by atoms with van der Waals surface area (Å²) in [6.45, 7) is 0. The molecule has 3 heterocycles. The first-order valence-electron chi connectivity index (χ1n) is 7.73. The Morgan fingerprint density at radius 3 is 2.92 bits per heavy atom. The first kappa shape index (κ1) is 16.1. The number of hydrogen-bond donors (Lipinski definition) is 1. The van der Waals surface area contributed by atoms with Crippen molar-refractivity contribution in [1.82, 2.24) is 9.97 Å². The lowest BCUT2D eigenvalue weighted by molar-refractivity contribution is -0.111. The van der Waals surface area contributed by atoms with Gasteiger partial charge in [-0.05, 0) is 48.5 Å². The molecule has 0 fully saturated rings. The third-order valence-electron chi connectivity index (χ3n) is 3.58. The van der Waals surface area contributed by atoms with Crippen LogP contribution in [0.2, 0.25) is 5.02 Å². The zero-order chi connectivity index (χ0) is 17.9. The van der Waals surface area contributed by atoms with E-state index in [0.717, 1.165) is 0 Å². The van der Waals surface area contributed by atoms with Gasteiger partial charge in [-0.25, -0.2) is 4.98 Å². The van der Waals surface area contributed by atoms with Crippen LogP contribution in [0.4, 0.5) is 5.69 Å². The Morgan fingerprint density at radius 2 is 2.12 bits per heavy atom. The molecule has 0 spiro atoms. The number of furan rings is 1. The molecule has 3 aromatic heterocycles.